The molecular formula is C15H15BrN4O2. The number of carbonyl (C=O) groups is 1. The molecule has 1 aromatic carbocycles. The molecule has 0 fully saturated rings. The van der Waals surface area contributed by atoms with Crippen LogP contribution in [0.25, 0.3) is 16.6 Å². The molecule has 0 N–H and O–H groups in total. The van der Waals surface area contributed by atoms with Crippen LogP contribution in [0.2, 0.25) is 0 Å². The van der Waals surface area contributed by atoms with Crippen LogP contribution in [0, 0.1) is 6.92 Å². The van der Waals surface area contributed by atoms with Crippen LogP contribution in [-0.4, -0.2) is 38.9 Å². The molecule has 3 aromatic rings. The van der Waals surface area contributed by atoms with Gasteiger partial charge in [-0.25, -0.2) is 4.98 Å². The summed E-state index contributed by atoms with van der Waals surface area (Å²) in [5, 5.41) is 0.586. The van der Waals surface area contributed by atoms with Gasteiger partial charge in [-0.2, -0.15) is 0 Å². The number of aryl methyl sites for hydroxylation is 2. The van der Waals surface area contributed by atoms with Crippen LogP contribution in [0.3, 0.4) is 0 Å². The van der Waals surface area contributed by atoms with Gasteiger partial charge < -0.3 is 4.90 Å². The number of rotatable bonds is 1. The molecule has 0 saturated heterocycles. The van der Waals surface area contributed by atoms with Gasteiger partial charge in [-0.15, -0.1) is 0 Å². The van der Waals surface area contributed by atoms with E-state index in [9.17, 15) is 9.59 Å². The molecule has 0 aliphatic heterocycles. The fourth-order valence-corrected chi connectivity index (χ4v) is 3.37. The zero-order valence-electron chi connectivity index (χ0n) is 12.7. The fourth-order valence-electron chi connectivity index (χ4n) is 2.61. The first kappa shape index (κ1) is 14.8. The summed E-state index contributed by atoms with van der Waals surface area (Å²) in [7, 11) is 4.97. The average Bonchev–Trinajstić information content (AvgIpc) is 2.87. The Morgan fingerprint density at radius 1 is 1.32 bits per heavy atom. The Morgan fingerprint density at radius 3 is 2.64 bits per heavy atom. The van der Waals surface area contributed by atoms with Gasteiger partial charge in [0.15, 0.2) is 11.3 Å². The van der Waals surface area contributed by atoms with Crippen molar-refractivity contribution in [3.63, 3.8) is 0 Å². The Morgan fingerprint density at radius 2 is 2.00 bits per heavy atom. The number of hydrogen-bond donors (Lipinski definition) is 0. The molecule has 0 unspecified atom stereocenters. The molecule has 0 aliphatic rings. The van der Waals surface area contributed by atoms with Gasteiger partial charge in [0.1, 0.15) is 6.33 Å². The van der Waals surface area contributed by atoms with Crippen molar-refractivity contribution >= 4 is 38.4 Å². The topological polar surface area (TPSA) is 59.6 Å². The van der Waals surface area contributed by atoms with Crippen LogP contribution >= 0.6 is 15.9 Å². The number of halogens is 1. The predicted octanol–water partition coefficient (Wildman–Crippen LogP) is 1.96. The van der Waals surface area contributed by atoms with E-state index in [2.05, 4.69) is 20.9 Å². The third kappa shape index (κ3) is 1.96. The maximum absolute atomic E-state index is 12.7. The molecule has 6 nitrogen and oxygen atoms in total. The van der Waals surface area contributed by atoms with Crippen molar-refractivity contribution in [2.75, 3.05) is 14.1 Å². The molecule has 2 heterocycles. The van der Waals surface area contributed by atoms with Crippen LogP contribution < -0.4 is 5.56 Å². The molecule has 114 valence electrons. The maximum atomic E-state index is 12.7. The van der Waals surface area contributed by atoms with Crippen molar-refractivity contribution in [1.29, 1.82) is 0 Å². The maximum Gasteiger partial charge on any atom is 0.275 e. The number of nitrogens with zero attached hydrogens (tertiary/aromatic N) is 4. The van der Waals surface area contributed by atoms with Crippen LogP contribution in [0.5, 0.6) is 0 Å². The molecule has 7 heteroatoms. The van der Waals surface area contributed by atoms with Crippen LogP contribution in [0.4, 0.5) is 0 Å². The minimum atomic E-state index is -0.236. The molecule has 1 amide bonds. The van der Waals surface area contributed by atoms with E-state index in [0.717, 1.165) is 10.0 Å². The van der Waals surface area contributed by atoms with Gasteiger partial charge >= 0.3 is 0 Å². The summed E-state index contributed by atoms with van der Waals surface area (Å²) >= 11 is 3.51. The molecule has 0 aliphatic carbocycles. The third-order valence-corrected chi connectivity index (χ3v) is 4.26. The first-order valence-electron chi connectivity index (χ1n) is 6.70. The first-order chi connectivity index (χ1) is 10.3. The second-order valence-corrected chi connectivity index (χ2v) is 6.35. The van der Waals surface area contributed by atoms with Crippen LogP contribution in [-0.2, 0) is 7.05 Å². The zero-order valence-corrected chi connectivity index (χ0v) is 14.3. The SMILES string of the molecule is Cc1cc(Br)c2c(c1)c(=O)n(C)c1c(C(=O)N(C)C)ncn21. The third-order valence-electron chi connectivity index (χ3n) is 3.65. The Bertz CT molecular complexity index is 985. The number of amides is 1. The van der Waals surface area contributed by atoms with Crippen molar-refractivity contribution < 1.29 is 4.79 Å². The highest BCUT2D eigenvalue weighted by molar-refractivity contribution is 9.10. The molecule has 0 bridgehead atoms. The molecular weight excluding hydrogens is 348 g/mol. The predicted molar refractivity (Wildman–Crippen MR) is 88.4 cm³/mol. The van der Waals surface area contributed by atoms with E-state index in [1.807, 2.05) is 19.1 Å². The standard InChI is InChI=1S/C15H15BrN4O2/c1-8-5-9-12(10(16)6-8)20-7-17-11(15(22)18(2)3)13(20)19(4)14(9)21/h5-7H,1-4H3. The lowest BCUT2D eigenvalue weighted by atomic mass is 10.1. The number of imidazole rings is 1. The van der Waals surface area contributed by atoms with Crippen molar-refractivity contribution in [3.8, 4) is 0 Å². The Balaban J connectivity index is 2.56. The van der Waals surface area contributed by atoms with Crippen molar-refractivity contribution in [2.24, 2.45) is 7.05 Å². The molecule has 2 aromatic heterocycles. The lowest BCUT2D eigenvalue weighted by molar-refractivity contribution is 0.0824. The summed E-state index contributed by atoms with van der Waals surface area (Å²) in [6.45, 7) is 1.93. The van der Waals surface area contributed by atoms with E-state index < -0.39 is 0 Å². The molecule has 0 spiro atoms. The quantitative estimate of drug-likeness (QED) is 0.664. The Hall–Kier alpha value is -2.15. The highest BCUT2D eigenvalue weighted by Gasteiger charge is 2.21. The average molecular weight is 363 g/mol. The number of fused-ring (bicyclic) bond motifs is 3. The van der Waals surface area contributed by atoms with E-state index >= 15 is 0 Å². The molecule has 0 atom stereocenters. The highest BCUT2D eigenvalue weighted by Crippen LogP contribution is 2.25. The van der Waals surface area contributed by atoms with Gasteiger partial charge in [-0.05, 0) is 40.5 Å². The van der Waals surface area contributed by atoms with Gasteiger partial charge in [-0.3, -0.25) is 18.6 Å². The van der Waals surface area contributed by atoms with Gasteiger partial charge in [-0.1, -0.05) is 0 Å². The minimum Gasteiger partial charge on any atom is -0.343 e. The van der Waals surface area contributed by atoms with Crippen LogP contribution in [0.15, 0.2) is 27.7 Å². The number of aromatic nitrogens is 3. The summed E-state index contributed by atoms with van der Waals surface area (Å²) in [6, 6.07) is 3.78. The lowest BCUT2D eigenvalue weighted by Gasteiger charge is -2.12. The van der Waals surface area contributed by atoms with Gasteiger partial charge in [0.05, 0.1) is 10.9 Å². The molecule has 0 saturated carbocycles. The Kier molecular flexibility index (Phi) is 3.32. The second kappa shape index (κ2) is 4.95. The summed E-state index contributed by atoms with van der Waals surface area (Å²) in [5.74, 6) is -0.236. The lowest BCUT2D eigenvalue weighted by Crippen LogP contribution is -2.25. The van der Waals surface area contributed by atoms with E-state index in [1.165, 1.54) is 9.47 Å². The first-order valence-corrected chi connectivity index (χ1v) is 7.49. The van der Waals surface area contributed by atoms with Gasteiger partial charge in [0.2, 0.25) is 0 Å². The van der Waals surface area contributed by atoms with E-state index in [0.29, 0.717) is 16.6 Å². The smallest absolute Gasteiger partial charge is 0.275 e. The summed E-state index contributed by atoms with van der Waals surface area (Å²) in [5.41, 5.74) is 2.30. The zero-order chi connectivity index (χ0) is 16.2. The summed E-state index contributed by atoms with van der Waals surface area (Å²) in [4.78, 5) is 30.6. The monoisotopic (exact) mass is 362 g/mol. The number of carbonyl (C=O) groups excluding carboxylic acids is 1. The van der Waals surface area contributed by atoms with Gasteiger partial charge in [0, 0.05) is 25.6 Å². The molecule has 22 heavy (non-hydrogen) atoms. The van der Waals surface area contributed by atoms with Gasteiger partial charge in [0.25, 0.3) is 11.5 Å². The largest absolute Gasteiger partial charge is 0.343 e. The number of hydrogen-bond acceptors (Lipinski definition) is 3. The van der Waals surface area contributed by atoms with Crippen molar-refractivity contribution in [2.45, 2.75) is 6.92 Å². The van der Waals surface area contributed by atoms with Crippen molar-refractivity contribution in [1.82, 2.24) is 18.9 Å². The van der Waals surface area contributed by atoms with E-state index in [4.69, 9.17) is 0 Å². The highest BCUT2D eigenvalue weighted by atomic mass is 79.9. The normalized spacial score (nSPS) is 11.3. The molecule has 0 radical (unpaired) electrons. The van der Waals surface area contributed by atoms with E-state index in [-0.39, 0.29) is 17.2 Å². The minimum absolute atomic E-state index is 0.153. The Labute approximate surface area is 135 Å². The second-order valence-electron chi connectivity index (χ2n) is 5.49. The van der Waals surface area contributed by atoms with Crippen molar-refractivity contribution in [3.05, 3.63) is 44.5 Å². The van der Waals surface area contributed by atoms with Crippen LogP contribution in [0.1, 0.15) is 16.1 Å². The van der Waals surface area contributed by atoms with E-state index in [1.54, 1.807) is 31.9 Å². The fraction of sp³-hybridized carbons (Fsp3) is 0.267. The number of benzene rings is 1. The summed E-state index contributed by atoms with van der Waals surface area (Å²) < 4.78 is 4.04. The molecule has 3 rings (SSSR count). The summed E-state index contributed by atoms with van der Waals surface area (Å²) in [6.07, 6.45) is 1.58.